The molecule has 0 aliphatic heterocycles. The van der Waals surface area contributed by atoms with Crippen LogP contribution >= 0.6 is 0 Å². The topological polar surface area (TPSA) is 29.1 Å². The Morgan fingerprint density at radius 1 is 1.31 bits per heavy atom. The lowest BCUT2D eigenvalue weighted by molar-refractivity contribution is -0.122. The van der Waals surface area contributed by atoms with Gasteiger partial charge in [-0.25, -0.2) is 0 Å². The minimum atomic E-state index is 0.0628. The SMILES string of the molecule is CNC(C(C)=O)C1(C)CCCCC1. The number of Topliss-reactive ketones (excluding diaryl/α,β-unsaturated/α-hetero) is 1. The first-order chi connectivity index (χ1) is 6.10. The van der Waals surface area contributed by atoms with Crippen LogP contribution in [0.25, 0.3) is 0 Å². The maximum Gasteiger partial charge on any atom is 0.147 e. The number of carbonyl (C=O) groups is 1. The summed E-state index contributed by atoms with van der Waals surface area (Å²) in [7, 11) is 1.89. The Bertz CT molecular complexity index is 183. The first-order valence-corrected chi connectivity index (χ1v) is 5.28. The number of ketones is 1. The molecule has 2 nitrogen and oxygen atoms in total. The Kier molecular flexibility index (Phi) is 3.48. The van der Waals surface area contributed by atoms with Gasteiger partial charge in [0.2, 0.25) is 0 Å². The highest BCUT2D eigenvalue weighted by Crippen LogP contribution is 2.38. The fraction of sp³-hybridized carbons (Fsp3) is 0.909. The summed E-state index contributed by atoms with van der Waals surface area (Å²) in [5.74, 6) is 0.284. The van der Waals surface area contributed by atoms with E-state index in [2.05, 4.69) is 12.2 Å². The van der Waals surface area contributed by atoms with Crippen molar-refractivity contribution >= 4 is 5.78 Å². The van der Waals surface area contributed by atoms with Gasteiger partial charge in [0, 0.05) is 0 Å². The van der Waals surface area contributed by atoms with Crippen molar-refractivity contribution in [3.63, 3.8) is 0 Å². The van der Waals surface area contributed by atoms with Crippen LogP contribution in [-0.2, 0) is 4.79 Å². The van der Waals surface area contributed by atoms with Gasteiger partial charge < -0.3 is 5.32 Å². The van der Waals surface area contributed by atoms with E-state index < -0.39 is 0 Å². The van der Waals surface area contributed by atoms with Gasteiger partial charge in [-0.15, -0.1) is 0 Å². The average Bonchev–Trinajstić information content (AvgIpc) is 2.05. The van der Waals surface area contributed by atoms with Crippen molar-refractivity contribution in [3.05, 3.63) is 0 Å². The zero-order valence-corrected chi connectivity index (χ0v) is 9.02. The molecule has 1 unspecified atom stereocenters. The molecule has 1 aliphatic carbocycles. The number of rotatable bonds is 3. The second-order valence-electron chi connectivity index (χ2n) is 4.55. The molecule has 0 amide bonds. The van der Waals surface area contributed by atoms with Crippen LogP contribution in [0.15, 0.2) is 0 Å². The van der Waals surface area contributed by atoms with Crippen LogP contribution in [0.5, 0.6) is 0 Å². The summed E-state index contributed by atoms with van der Waals surface area (Å²) >= 11 is 0. The molecule has 0 bridgehead atoms. The minimum Gasteiger partial charge on any atom is -0.310 e. The molecule has 0 spiro atoms. The summed E-state index contributed by atoms with van der Waals surface area (Å²) in [6, 6.07) is 0.0628. The lowest BCUT2D eigenvalue weighted by Crippen LogP contribution is -2.47. The van der Waals surface area contributed by atoms with E-state index >= 15 is 0 Å². The van der Waals surface area contributed by atoms with Crippen LogP contribution in [0.1, 0.15) is 46.0 Å². The second-order valence-corrected chi connectivity index (χ2v) is 4.55. The van der Waals surface area contributed by atoms with E-state index in [1.807, 2.05) is 7.05 Å². The van der Waals surface area contributed by atoms with Gasteiger partial charge in [0.25, 0.3) is 0 Å². The Morgan fingerprint density at radius 2 is 1.85 bits per heavy atom. The van der Waals surface area contributed by atoms with Crippen molar-refractivity contribution in [2.75, 3.05) is 7.05 Å². The molecule has 0 aromatic heterocycles. The van der Waals surface area contributed by atoms with Crippen LogP contribution < -0.4 is 5.32 Å². The van der Waals surface area contributed by atoms with Gasteiger partial charge >= 0.3 is 0 Å². The third-order valence-electron chi connectivity index (χ3n) is 3.39. The van der Waals surface area contributed by atoms with Crippen molar-refractivity contribution in [3.8, 4) is 0 Å². The molecule has 0 saturated heterocycles. The molecule has 1 saturated carbocycles. The monoisotopic (exact) mass is 183 g/mol. The second kappa shape index (κ2) is 4.23. The summed E-state index contributed by atoms with van der Waals surface area (Å²) < 4.78 is 0. The normalized spacial score (nSPS) is 23.9. The molecule has 0 heterocycles. The van der Waals surface area contributed by atoms with Gasteiger partial charge in [0.05, 0.1) is 6.04 Å². The van der Waals surface area contributed by atoms with Crippen molar-refractivity contribution in [1.29, 1.82) is 0 Å². The van der Waals surface area contributed by atoms with Gasteiger partial charge in [0.1, 0.15) is 5.78 Å². The molecule has 0 aromatic rings. The number of carbonyl (C=O) groups excluding carboxylic acids is 1. The maximum absolute atomic E-state index is 11.4. The smallest absolute Gasteiger partial charge is 0.147 e. The number of hydrogen-bond acceptors (Lipinski definition) is 2. The van der Waals surface area contributed by atoms with Gasteiger partial charge in [-0.05, 0) is 32.2 Å². The Balaban J connectivity index is 2.68. The highest BCUT2D eigenvalue weighted by Gasteiger charge is 2.36. The minimum absolute atomic E-state index is 0.0628. The van der Waals surface area contributed by atoms with E-state index in [4.69, 9.17) is 0 Å². The zero-order chi connectivity index (χ0) is 9.90. The maximum atomic E-state index is 11.4. The molecule has 0 radical (unpaired) electrons. The lowest BCUT2D eigenvalue weighted by atomic mass is 9.69. The quantitative estimate of drug-likeness (QED) is 0.726. The Morgan fingerprint density at radius 3 is 2.23 bits per heavy atom. The summed E-state index contributed by atoms with van der Waals surface area (Å²) in [6.07, 6.45) is 6.28. The predicted molar refractivity (Wildman–Crippen MR) is 54.7 cm³/mol. The highest BCUT2D eigenvalue weighted by atomic mass is 16.1. The molecule has 13 heavy (non-hydrogen) atoms. The molecule has 1 rings (SSSR count). The molecule has 76 valence electrons. The van der Waals surface area contributed by atoms with E-state index in [9.17, 15) is 4.79 Å². The Hall–Kier alpha value is -0.370. The Labute approximate surface area is 81.1 Å². The number of nitrogens with one attached hydrogen (secondary N) is 1. The summed E-state index contributed by atoms with van der Waals surface area (Å²) in [5.41, 5.74) is 0.207. The first-order valence-electron chi connectivity index (χ1n) is 5.28. The molecule has 1 aliphatic rings. The molecule has 0 aromatic carbocycles. The fourth-order valence-corrected chi connectivity index (χ4v) is 2.69. The predicted octanol–water partition coefficient (Wildman–Crippen LogP) is 2.13. The van der Waals surface area contributed by atoms with Crippen LogP contribution in [0, 0.1) is 5.41 Å². The highest BCUT2D eigenvalue weighted by molar-refractivity contribution is 5.82. The molecule has 1 N–H and O–H groups in total. The first kappa shape index (κ1) is 10.7. The van der Waals surface area contributed by atoms with Crippen molar-refractivity contribution in [1.82, 2.24) is 5.32 Å². The largest absolute Gasteiger partial charge is 0.310 e. The number of likely N-dealkylation sites (N-methyl/N-ethyl adjacent to an activating group) is 1. The van der Waals surface area contributed by atoms with Crippen molar-refractivity contribution < 1.29 is 4.79 Å². The summed E-state index contributed by atoms with van der Waals surface area (Å²) in [4.78, 5) is 11.4. The fourth-order valence-electron chi connectivity index (χ4n) is 2.69. The molecule has 1 atom stereocenters. The number of hydrogen-bond donors (Lipinski definition) is 1. The van der Waals surface area contributed by atoms with Gasteiger partial charge in [-0.2, -0.15) is 0 Å². The van der Waals surface area contributed by atoms with E-state index in [0.29, 0.717) is 0 Å². The van der Waals surface area contributed by atoms with Gasteiger partial charge in [-0.3, -0.25) is 4.79 Å². The molecule has 2 heteroatoms. The van der Waals surface area contributed by atoms with Crippen molar-refractivity contribution in [2.45, 2.75) is 52.0 Å². The zero-order valence-electron chi connectivity index (χ0n) is 9.02. The summed E-state index contributed by atoms with van der Waals surface area (Å²) in [5, 5.41) is 3.16. The third-order valence-corrected chi connectivity index (χ3v) is 3.39. The van der Waals surface area contributed by atoms with Gasteiger partial charge in [0.15, 0.2) is 0 Å². The van der Waals surface area contributed by atoms with Crippen molar-refractivity contribution in [2.24, 2.45) is 5.41 Å². The van der Waals surface area contributed by atoms with Crippen LogP contribution in [-0.4, -0.2) is 18.9 Å². The van der Waals surface area contributed by atoms with Crippen LogP contribution in [0.4, 0.5) is 0 Å². The third kappa shape index (κ3) is 2.31. The van der Waals surface area contributed by atoms with Crippen LogP contribution in [0.2, 0.25) is 0 Å². The van der Waals surface area contributed by atoms with E-state index in [0.717, 1.165) is 0 Å². The van der Waals surface area contributed by atoms with E-state index in [1.165, 1.54) is 32.1 Å². The lowest BCUT2D eigenvalue weighted by Gasteiger charge is -2.39. The van der Waals surface area contributed by atoms with Crippen LogP contribution in [0.3, 0.4) is 0 Å². The molecular formula is C11H21NO. The molecule has 1 fully saturated rings. The molecular weight excluding hydrogens is 162 g/mol. The average molecular weight is 183 g/mol. The van der Waals surface area contributed by atoms with E-state index in [-0.39, 0.29) is 17.2 Å². The standard InChI is InChI=1S/C11H21NO/c1-9(13)10(12-3)11(2)7-5-4-6-8-11/h10,12H,4-8H2,1-3H3. The van der Waals surface area contributed by atoms with Gasteiger partial charge in [-0.1, -0.05) is 26.2 Å². The van der Waals surface area contributed by atoms with E-state index in [1.54, 1.807) is 6.92 Å². The summed E-state index contributed by atoms with van der Waals surface area (Å²) in [6.45, 7) is 3.94.